The van der Waals surface area contributed by atoms with E-state index in [1.807, 2.05) is 54.6 Å². The third kappa shape index (κ3) is 7.85. The second-order valence-corrected chi connectivity index (χ2v) is 6.14. The largest absolute Gasteiger partial charge is 0.394 e. The number of benzene rings is 2. The van der Waals surface area contributed by atoms with Gasteiger partial charge in [-0.3, -0.25) is 0 Å². The second kappa shape index (κ2) is 11.5. The molecule has 2 rings (SSSR count). The lowest BCUT2D eigenvalue weighted by atomic mass is 10.0. The van der Waals surface area contributed by atoms with Crippen molar-refractivity contribution in [2.75, 3.05) is 6.61 Å². The lowest BCUT2D eigenvalue weighted by Crippen LogP contribution is -2.33. The zero-order valence-corrected chi connectivity index (χ0v) is 15.2. The summed E-state index contributed by atoms with van der Waals surface area (Å²) in [6, 6.07) is 17.5. The van der Waals surface area contributed by atoms with E-state index in [4.69, 9.17) is 23.2 Å². The van der Waals surface area contributed by atoms with Crippen molar-refractivity contribution in [3.63, 3.8) is 0 Å². The SMILES string of the molecule is CCC(CC)NC(CO)c1ccc(Cl)cc1.Clc1ccccc1. The lowest BCUT2D eigenvalue weighted by molar-refractivity contribution is 0.230. The summed E-state index contributed by atoms with van der Waals surface area (Å²) in [4.78, 5) is 0. The normalized spacial score (nSPS) is 11.7. The van der Waals surface area contributed by atoms with Crippen LogP contribution < -0.4 is 5.32 Å². The Bertz CT molecular complexity index is 527. The summed E-state index contributed by atoms with van der Waals surface area (Å²) >= 11 is 11.4. The molecule has 0 amide bonds. The Morgan fingerprint density at radius 1 is 0.870 bits per heavy atom. The number of nitrogens with one attached hydrogen (secondary N) is 1. The molecule has 0 saturated heterocycles. The molecule has 2 N–H and O–H groups in total. The highest BCUT2D eigenvalue weighted by Gasteiger charge is 2.13. The Hall–Kier alpha value is -1.06. The van der Waals surface area contributed by atoms with Crippen molar-refractivity contribution >= 4 is 23.2 Å². The molecule has 0 spiro atoms. The Labute approximate surface area is 149 Å². The van der Waals surface area contributed by atoms with E-state index in [-0.39, 0.29) is 12.6 Å². The first kappa shape index (κ1) is 20.0. The van der Waals surface area contributed by atoms with E-state index in [0.717, 1.165) is 28.5 Å². The van der Waals surface area contributed by atoms with Crippen LogP contribution in [-0.2, 0) is 0 Å². The maximum Gasteiger partial charge on any atom is 0.0626 e. The monoisotopic (exact) mass is 353 g/mol. The van der Waals surface area contributed by atoms with E-state index in [1.165, 1.54) is 0 Å². The van der Waals surface area contributed by atoms with E-state index >= 15 is 0 Å². The van der Waals surface area contributed by atoms with Gasteiger partial charge in [0.2, 0.25) is 0 Å². The first-order valence-corrected chi connectivity index (χ1v) is 8.69. The van der Waals surface area contributed by atoms with Crippen LogP contribution in [0.3, 0.4) is 0 Å². The minimum absolute atomic E-state index is 0.00201. The van der Waals surface area contributed by atoms with Gasteiger partial charge >= 0.3 is 0 Å². The van der Waals surface area contributed by atoms with Crippen LogP contribution in [0.4, 0.5) is 0 Å². The lowest BCUT2D eigenvalue weighted by Gasteiger charge is -2.23. The molecule has 1 unspecified atom stereocenters. The fourth-order valence-corrected chi connectivity index (χ4v) is 2.44. The first-order chi connectivity index (χ1) is 11.1. The molecule has 0 aromatic heterocycles. The zero-order chi connectivity index (χ0) is 17.1. The summed E-state index contributed by atoms with van der Waals surface area (Å²) in [7, 11) is 0. The highest BCUT2D eigenvalue weighted by molar-refractivity contribution is 6.30. The minimum atomic E-state index is 0.00201. The van der Waals surface area contributed by atoms with Gasteiger partial charge in [-0.15, -0.1) is 0 Å². The van der Waals surface area contributed by atoms with Crippen molar-refractivity contribution in [1.29, 1.82) is 0 Å². The Kier molecular flexibility index (Phi) is 9.97. The number of aliphatic hydroxyl groups excluding tert-OH is 1. The molecule has 2 aromatic carbocycles. The summed E-state index contributed by atoms with van der Waals surface area (Å²) in [6.07, 6.45) is 2.14. The van der Waals surface area contributed by atoms with Gasteiger partial charge in [0, 0.05) is 16.1 Å². The Morgan fingerprint density at radius 2 is 1.39 bits per heavy atom. The molecule has 0 radical (unpaired) electrons. The van der Waals surface area contributed by atoms with E-state index in [9.17, 15) is 5.11 Å². The van der Waals surface area contributed by atoms with Crippen molar-refractivity contribution in [1.82, 2.24) is 5.32 Å². The van der Waals surface area contributed by atoms with Crippen LogP contribution in [0.2, 0.25) is 10.0 Å². The van der Waals surface area contributed by atoms with Gasteiger partial charge in [0.1, 0.15) is 0 Å². The molecule has 2 aromatic rings. The molecule has 4 heteroatoms. The van der Waals surface area contributed by atoms with Crippen LogP contribution in [0.5, 0.6) is 0 Å². The molecule has 1 atom stereocenters. The molecule has 0 aliphatic rings. The topological polar surface area (TPSA) is 32.3 Å². The summed E-state index contributed by atoms with van der Waals surface area (Å²) in [5.74, 6) is 0. The van der Waals surface area contributed by atoms with Crippen molar-refractivity contribution in [3.05, 3.63) is 70.2 Å². The minimum Gasteiger partial charge on any atom is -0.394 e. The average Bonchev–Trinajstić information content (AvgIpc) is 2.58. The van der Waals surface area contributed by atoms with Crippen molar-refractivity contribution < 1.29 is 5.11 Å². The Morgan fingerprint density at radius 3 is 1.78 bits per heavy atom. The number of halogens is 2. The number of hydrogen-bond donors (Lipinski definition) is 2. The van der Waals surface area contributed by atoms with E-state index < -0.39 is 0 Å². The average molecular weight is 354 g/mol. The van der Waals surface area contributed by atoms with Crippen LogP contribution in [0.25, 0.3) is 0 Å². The molecule has 0 bridgehead atoms. The third-order valence-electron chi connectivity index (χ3n) is 3.61. The van der Waals surface area contributed by atoms with Crippen molar-refractivity contribution in [3.8, 4) is 0 Å². The predicted octanol–water partition coefficient (Wildman–Crippen LogP) is 5.49. The van der Waals surface area contributed by atoms with Crippen LogP contribution >= 0.6 is 23.2 Å². The van der Waals surface area contributed by atoms with Gasteiger partial charge in [-0.1, -0.05) is 67.4 Å². The fraction of sp³-hybridized carbons (Fsp3) is 0.368. The maximum atomic E-state index is 9.39. The van der Waals surface area contributed by atoms with Gasteiger partial charge < -0.3 is 10.4 Å². The number of rotatable bonds is 6. The van der Waals surface area contributed by atoms with Crippen LogP contribution in [0.1, 0.15) is 38.3 Å². The molecular formula is C19H25Cl2NO. The van der Waals surface area contributed by atoms with Crippen molar-refractivity contribution in [2.24, 2.45) is 0 Å². The molecule has 2 nitrogen and oxygen atoms in total. The van der Waals surface area contributed by atoms with Crippen LogP contribution in [0, 0.1) is 0 Å². The summed E-state index contributed by atoms with van der Waals surface area (Å²) in [5.41, 5.74) is 1.08. The molecule has 0 heterocycles. The van der Waals surface area contributed by atoms with E-state index in [0.29, 0.717) is 6.04 Å². The number of aliphatic hydroxyl groups is 1. The molecule has 0 aliphatic carbocycles. The third-order valence-corrected chi connectivity index (χ3v) is 4.11. The van der Waals surface area contributed by atoms with Gasteiger partial charge in [0.05, 0.1) is 12.6 Å². The van der Waals surface area contributed by atoms with Crippen LogP contribution in [-0.4, -0.2) is 17.8 Å². The van der Waals surface area contributed by atoms with Crippen LogP contribution in [0.15, 0.2) is 54.6 Å². The summed E-state index contributed by atoms with van der Waals surface area (Å²) in [6.45, 7) is 4.41. The molecular weight excluding hydrogens is 329 g/mol. The second-order valence-electron chi connectivity index (χ2n) is 5.26. The van der Waals surface area contributed by atoms with E-state index in [1.54, 1.807) is 0 Å². The fourth-order valence-electron chi connectivity index (χ4n) is 2.17. The predicted molar refractivity (Wildman–Crippen MR) is 100 cm³/mol. The first-order valence-electron chi connectivity index (χ1n) is 7.93. The zero-order valence-electron chi connectivity index (χ0n) is 13.7. The Balaban J connectivity index is 0.000000313. The van der Waals surface area contributed by atoms with Gasteiger partial charge in [0.15, 0.2) is 0 Å². The molecule has 0 aliphatic heterocycles. The highest BCUT2D eigenvalue weighted by atomic mass is 35.5. The standard InChI is InChI=1S/C13H20ClNO.C6H5Cl/c1-3-12(4-2)15-13(9-16)10-5-7-11(14)8-6-10;7-6-4-2-1-3-5-6/h5-8,12-13,15-16H,3-4,9H2,1-2H3;1-5H. The van der Waals surface area contributed by atoms with Gasteiger partial charge in [0.25, 0.3) is 0 Å². The smallest absolute Gasteiger partial charge is 0.0626 e. The van der Waals surface area contributed by atoms with Crippen molar-refractivity contribution in [2.45, 2.75) is 38.8 Å². The maximum absolute atomic E-state index is 9.39. The highest BCUT2D eigenvalue weighted by Crippen LogP contribution is 2.17. The number of hydrogen-bond acceptors (Lipinski definition) is 2. The summed E-state index contributed by atoms with van der Waals surface area (Å²) in [5, 5.41) is 14.4. The molecule has 23 heavy (non-hydrogen) atoms. The summed E-state index contributed by atoms with van der Waals surface area (Å²) < 4.78 is 0. The van der Waals surface area contributed by atoms with E-state index in [2.05, 4.69) is 19.2 Å². The molecule has 0 fully saturated rings. The quantitative estimate of drug-likeness (QED) is 0.719. The van der Waals surface area contributed by atoms with Gasteiger partial charge in [-0.2, -0.15) is 0 Å². The molecule has 0 saturated carbocycles. The van der Waals surface area contributed by atoms with Gasteiger partial charge in [-0.25, -0.2) is 0 Å². The molecule has 126 valence electrons. The van der Waals surface area contributed by atoms with Gasteiger partial charge in [-0.05, 0) is 42.7 Å².